The molecule has 0 aliphatic heterocycles. The van der Waals surface area contributed by atoms with Gasteiger partial charge in [0.1, 0.15) is 5.75 Å². The Kier molecular flexibility index (Phi) is 6.81. The number of unbranched alkanes of at least 4 members (excludes halogenated alkanes) is 1. The van der Waals surface area contributed by atoms with Gasteiger partial charge in [-0.25, -0.2) is 0 Å². The highest BCUT2D eigenvalue weighted by molar-refractivity contribution is 5.30. The van der Waals surface area contributed by atoms with Gasteiger partial charge in [-0.1, -0.05) is 26.0 Å². The van der Waals surface area contributed by atoms with E-state index in [2.05, 4.69) is 44.3 Å². The molecule has 1 aromatic carbocycles. The monoisotopic (exact) mass is 249 g/mol. The first-order valence-electron chi connectivity index (χ1n) is 7.03. The van der Waals surface area contributed by atoms with Crippen molar-refractivity contribution in [2.75, 3.05) is 13.7 Å². The summed E-state index contributed by atoms with van der Waals surface area (Å²) in [6.07, 6.45) is 3.55. The van der Waals surface area contributed by atoms with E-state index in [-0.39, 0.29) is 0 Å². The zero-order valence-corrected chi connectivity index (χ0v) is 12.2. The normalized spacial score (nSPS) is 12.7. The molecule has 2 heteroatoms. The van der Waals surface area contributed by atoms with Crippen molar-refractivity contribution in [3.05, 3.63) is 29.8 Å². The quantitative estimate of drug-likeness (QED) is 0.704. The van der Waals surface area contributed by atoms with E-state index in [1.165, 1.54) is 18.4 Å². The Hall–Kier alpha value is -1.02. The van der Waals surface area contributed by atoms with Gasteiger partial charge in [0, 0.05) is 6.04 Å². The third-order valence-corrected chi connectivity index (χ3v) is 3.32. The van der Waals surface area contributed by atoms with Crippen LogP contribution in [0, 0.1) is 0 Å². The van der Waals surface area contributed by atoms with E-state index in [1.807, 2.05) is 13.1 Å². The third-order valence-electron chi connectivity index (χ3n) is 3.32. The summed E-state index contributed by atoms with van der Waals surface area (Å²) in [4.78, 5) is 0. The van der Waals surface area contributed by atoms with Crippen LogP contribution in [0.25, 0.3) is 0 Å². The highest BCUT2D eigenvalue weighted by Gasteiger charge is 2.01. The summed E-state index contributed by atoms with van der Waals surface area (Å²) in [5.74, 6) is 1.56. The SMILES string of the molecule is CNC(C)CCCCOc1cccc(C(C)C)c1. The average Bonchev–Trinajstić information content (AvgIpc) is 2.38. The summed E-state index contributed by atoms with van der Waals surface area (Å²) in [7, 11) is 2.01. The fourth-order valence-electron chi connectivity index (χ4n) is 1.85. The Labute approximate surface area is 112 Å². The molecule has 0 aromatic heterocycles. The van der Waals surface area contributed by atoms with Crippen LogP contribution in [0.2, 0.25) is 0 Å². The summed E-state index contributed by atoms with van der Waals surface area (Å²) in [6, 6.07) is 9.04. The molecule has 0 saturated heterocycles. The zero-order valence-electron chi connectivity index (χ0n) is 12.2. The zero-order chi connectivity index (χ0) is 13.4. The van der Waals surface area contributed by atoms with E-state index in [0.717, 1.165) is 18.8 Å². The van der Waals surface area contributed by atoms with Crippen LogP contribution in [-0.4, -0.2) is 19.7 Å². The second-order valence-electron chi connectivity index (χ2n) is 5.26. The van der Waals surface area contributed by atoms with Gasteiger partial charge >= 0.3 is 0 Å². The molecule has 1 rings (SSSR count). The van der Waals surface area contributed by atoms with Crippen molar-refractivity contribution < 1.29 is 4.74 Å². The van der Waals surface area contributed by atoms with E-state index >= 15 is 0 Å². The molecule has 1 aromatic rings. The molecule has 1 N–H and O–H groups in total. The third kappa shape index (κ3) is 5.54. The number of ether oxygens (including phenoxy) is 1. The van der Waals surface area contributed by atoms with Gasteiger partial charge in [-0.2, -0.15) is 0 Å². The maximum Gasteiger partial charge on any atom is 0.119 e. The second kappa shape index (κ2) is 8.15. The van der Waals surface area contributed by atoms with Gasteiger partial charge in [-0.05, 0) is 56.8 Å². The molecule has 0 aliphatic rings. The van der Waals surface area contributed by atoms with Gasteiger partial charge < -0.3 is 10.1 Å². The summed E-state index contributed by atoms with van der Waals surface area (Å²) in [5.41, 5.74) is 1.34. The Balaban J connectivity index is 2.25. The Morgan fingerprint density at radius 3 is 2.61 bits per heavy atom. The van der Waals surface area contributed by atoms with Gasteiger partial charge in [0.15, 0.2) is 0 Å². The summed E-state index contributed by atoms with van der Waals surface area (Å²) in [6.45, 7) is 7.45. The molecule has 0 heterocycles. The van der Waals surface area contributed by atoms with Gasteiger partial charge in [-0.3, -0.25) is 0 Å². The minimum atomic E-state index is 0.560. The van der Waals surface area contributed by atoms with Crippen molar-refractivity contribution in [1.82, 2.24) is 5.32 Å². The van der Waals surface area contributed by atoms with E-state index < -0.39 is 0 Å². The van der Waals surface area contributed by atoms with Crippen LogP contribution in [0.3, 0.4) is 0 Å². The van der Waals surface area contributed by atoms with Crippen LogP contribution in [0.1, 0.15) is 51.5 Å². The topological polar surface area (TPSA) is 21.3 Å². The van der Waals surface area contributed by atoms with Crippen LogP contribution in [-0.2, 0) is 0 Å². The Bertz CT molecular complexity index is 336. The Morgan fingerprint density at radius 1 is 1.17 bits per heavy atom. The molecule has 0 radical (unpaired) electrons. The molecule has 1 unspecified atom stereocenters. The van der Waals surface area contributed by atoms with Crippen LogP contribution in [0.4, 0.5) is 0 Å². The van der Waals surface area contributed by atoms with E-state index in [4.69, 9.17) is 4.74 Å². The lowest BCUT2D eigenvalue weighted by atomic mass is 10.0. The first-order valence-corrected chi connectivity index (χ1v) is 7.03. The van der Waals surface area contributed by atoms with Gasteiger partial charge in [-0.15, -0.1) is 0 Å². The first kappa shape index (κ1) is 15.0. The van der Waals surface area contributed by atoms with Gasteiger partial charge in [0.25, 0.3) is 0 Å². The van der Waals surface area contributed by atoms with Crippen molar-refractivity contribution in [3.8, 4) is 5.75 Å². The Morgan fingerprint density at radius 2 is 1.94 bits per heavy atom. The maximum absolute atomic E-state index is 5.79. The molecule has 1 atom stereocenters. The molecular formula is C16H27NO. The predicted octanol–water partition coefficient (Wildman–Crippen LogP) is 3.97. The molecule has 0 aliphatic carbocycles. The molecular weight excluding hydrogens is 222 g/mol. The molecule has 0 fully saturated rings. The van der Waals surface area contributed by atoms with E-state index in [9.17, 15) is 0 Å². The lowest BCUT2D eigenvalue weighted by molar-refractivity contribution is 0.302. The highest BCUT2D eigenvalue weighted by Crippen LogP contribution is 2.20. The number of hydrogen-bond donors (Lipinski definition) is 1. The molecule has 0 bridgehead atoms. The summed E-state index contributed by atoms with van der Waals surface area (Å²) < 4.78 is 5.79. The molecule has 0 amide bonds. The van der Waals surface area contributed by atoms with Crippen LogP contribution < -0.4 is 10.1 Å². The van der Waals surface area contributed by atoms with Gasteiger partial charge in [0.2, 0.25) is 0 Å². The van der Waals surface area contributed by atoms with Crippen molar-refractivity contribution in [1.29, 1.82) is 0 Å². The minimum absolute atomic E-state index is 0.560. The predicted molar refractivity (Wildman–Crippen MR) is 78.4 cm³/mol. The summed E-state index contributed by atoms with van der Waals surface area (Å²) >= 11 is 0. The second-order valence-corrected chi connectivity index (χ2v) is 5.26. The first-order chi connectivity index (χ1) is 8.63. The van der Waals surface area contributed by atoms with Crippen molar-refractivity contribution in [3.63, 3.8) is 0 Å². The molecule has 2 nitrogen and oxygen atoms in total. The number of benzene rings is 1. The largest absolute Gasteiger partial charge is 0.494 e. The smallest absolute Gasteiger partial charge is 0.119 e. The lowest BCUT2D eigenvalue weighted by Gasteiger charge is -2.11. The highest BCUT2D eigenvalue weighted by atomic mass is 16.5. The maximum atomic E-state index is 5.79. The lowest BCUT2D eigenvalue weighted by Crippen LogP contribution is -2.20. The number of hydrogen-bond acceptors (Lipinski definition) is 2. The van der Waals surface area contributed by atoms with Crippen LogP contribution in [0.5, 0.6) is 5.75 Å². The minimum Gasteiger partial charge on any atom is -0.494 e. The van der Waals surface area contributed by atoms with E-state index in [0.29, 0.717) is 12.0 Å². The number of nitrogens with one attached hydrogen (secondary N) is 1. The van der Waals surface area contributed by atoms with Crippen molar-refractivity contribution >= 4 is 0 Å². The summed E-state index contributed by atoms with van der Waals surface area (Å²) in [5, 5.41) is 3.25. The average molecular weight is 249 g/mol. The van der Waals surface area contributed by atoms with Crippen LogP contribution in [0.15, 0.2) is 24.3 Å². The molecule has 102 valence electrons. The molecule has 0 saturated carbocycles. The van der Waals surface area contributed by atoms with Crippen molar-refractivity contribution in [2.24, 2.45) is 0 Å². The van der Waals surface area contributed by atoms with Gasteiger partial charge in [0.05, 0.1) is 6.61 Å². The molecule has 0 spiro atoms. The fraction of sp³-hybridized carbons (Fsp3) is 0.625. The van der Waals surface area contributed by atoms with Crippen LogP contribution >= 0.6 is 0 Å². The van der Waals surface area contributed by atoms with E-state index in [1.54, 1.807) is 0 Å². The number of rotatable bonds is 8. The standard InChI is InChI=1S/C16H27NO/c1-13(2)15-9-7-10-16(12-15)18-11-6-5-8-14(3)17-4/h7,9-10,12-14,17H,5-6,8,11H2,1-4H3. The molecule has 18 heavy (non-hydrogen) atoms. The van der Waals surface area contributed by atoms with Crippen molar-refractivity contribution in [2.45, 2.75) is 52.0 Å². The fourth-order valence-corrected chi connectivity index (χ4v) is 1.85.